The summed E-state index contributed by atoms with van der Waals surface area (Å²) in [5, 5.41) is 1.95. The molecule has 0 bridgehead atoms. The average Bonchev–Trinajstić information content (AvgIpc) is 3.19. The fraction of sp³-hybridized carbons (Fsp3) is 0.382. The summed E-state index contributed by atoms with van der Waals surface area (Å²) in [5.41, 5.74) is 2.17. The van der Waals surface area contributed by atoms with E-state index in [1.807, 2.05) is 42.6 Å². The van der Waals surface area contributed by atoms with Crippen molar-refractivity contribution < 1.29 is 28.7 Å². The second-order valence-electron chi connectivity index (χ2n) is 11.5. The van der Waals surface area contributed by atoms with Gasteiger partial charge in [0.2, 0.25) is 5.72 Å². The Morgan fingerprint density at radius 2 is 1.52 bits per heavy atom. The van der Waals surface area contributed by atoms with E-state index in [4.69, 9.17) is 14.5 Å². The monoisotopic (exact) mass is 598 g/mol. The zero-order valence-corrected chi connectivity index (χ0v) is 25.2. The molecule has 0 fully saturated rings. The lowest BCUT2D eigenvalue weighted by Crippen LogP contribution is -2.63. The maximum Gasteiger partial charge on any atom is 0.229 e. The normalized spacial score (nSPS) is 18.0. The molecule has 2 aliphatic rings. The topological polar surface area (TPSA) is 109 Å². The van der Waals surface area contributed by atoms with Gasteiger partial charge in [0, 0.05) is 36.3 Å². The number of aldehydes is 4. The van der Waals surface area contributed by atoms with Crippen molar-refractivity contribution in [3.8, 4) is 5.75 Å². The van der Waals surface area contributed by atoms with Crippen LogP contribution in [-0.2, 0) is 35.9 Å². The van der Waals surface area contributed by atoms with E-state index in [0.29, 0.717) is 44.3 Å². The number of para-hydroxylation sites is 1. The van der Waals surface area contributed by atoms with Crippen molar-refractivity contribution in [1.82, 2.24) is 9.80 Å². The van der Waals surface area contributed by atoms with Crippen molar-refractivity contribution in [3.05, 3.63) is 65.7 Å². The highest BCUT2D eigenvalue weighted by atomic mass is 16.5. The SMILES string of the molecule is CC1(C)c2ccccc2N(CCOCCN(CC=O)CC=O)C12C=Nc1c(c(CN(CC=O)CC=O)cc3ccccc13)O2. The van der Waals surface area contributed by atoms with E-state index >= 15 is 0 Å². The Kier molecular flexibility index (Phi) is 9.63. The van der Waals surface area contributed by atoms with E-state index in [1.165, 1.54) is 0 Å². The van der Waals surface area contributed by atoms with E-state index < -0.39 is 11.1 Å². The van der Waals surface area contributed by atoms with Gasteiger partial charge < -0.3 is 33.6 Å². The average molecular weight is 599 g/mol. The molecule has 0 saturated carbocycles. The summed E-state index contributed by atoms with van der Waals surface area (Å²) in [6.45, 7) is 6.92. The Morgan fingerprint density at radius 3 is 2.25 bits per heavy atom. The molecule has 10 heteroatoms. The number of carbonyl (C=O) groups excluding carboxylic acids is 4. The highest BCUT2D eigenvalue weighted by Crippen LogP contribution is 2.55. The van der Waals surface area contributed by atoms with Gasteiger partial charge in [-0.3, -0.25) is 14.8 Å². The zero-order valence-electron chi connectivity index (χ0n) is 25.2. The molecule has 1 spiro atoms. The number of benzene rings is 3. The first-order valence-electron chi connectivity index (χ1n) is 14.8. The predicted octanol–water partition coefficient (Wildman–Crippen LogP) is 3.34. The molecular weight excluding hydrogens is 560 g/mol. The van der Waals surface area contributed by atoms with Crippen molar-refractivity contribution in [2.24, 2.45) is 4.99 Å². The second kappa shape index (κ2) is 13.6. The van der Waals surface area contributed by atoms with E-state index in [9.17, 15) is 19.2 Å². The van der Waals surface area contributed by atoms with Gasteiger partial charge in [-0.25, -0.2) is 0 Å². The molecule has 0 aromatic heterocycles. The molecule has 3 aromatic rings. The van der Waals surface area contributed by atoms with E-state index in [2.05, 4.69) is 36.9 Å². The van der Waals surface area contributed by atoms with Crippen LogP contribution in [-0.4, -0.2) is 99.4 Å². The predicted molar refractivity (Wildman–Crippen MR) is 169 cm³/mol. The summed E-state index contributed by atoms with van der Waals surface area (Å²) in [4.78, 5) is 55.5. The van der Waals surface area contributed by atoms with Gasteiger partial charge >= 0.3 is 0 Å². The zero-order chi connectivity index (χ0) is 31.2. The van der Waals surface area contributed by atoms with Gasteiger partial charge in [0.25, 0.3) is 0 Å². The fourth-order valence-corrected chi connectivity index (χ4v) is 6.28. The largest absolute Gasteiger partial charge is 0.459 e. The van der Waals surface area contributed by atoms with Crippen LogP contribution in [0.3, 0.4) is 0 Å². The van der Waals surface area contributed by atoms with Gasteiger partial charge in [0.15, 0.2) is 5.75 Å². The minimum Gasteiger partial charge on any atom is -0.459 e. The van der Waals surface area contributed by atoms with Crippen LogP contribution in [0.1, 0.15) is 25.0 Å². The number of hydrogen-bond acceptors (Lipinski definition) is 10. The van der Waals surface area contributed by atoms with Crippen LogP contribution in [0.5, 0.6) is 5.75 Å². The Morgan fingerprint density at radius 1 is 0.864 bits per heavy atom. The van der Waals surface area contributed by atoms with Crippen LogP contribution in [0, 0.1) is 0 Å². The van der Waals surface area contributed by atoms with Gasteiger partial charge in [-0.15, -0.1) is 0 Å². The van der Waals surface area contributed by atoms with Gasteiger partial charge in [0.05, 0.1) is 51.0 Å². The molecule has 3 aromatic carbocycles. The number of anilines is 1. The quantitative estimate of drug-likeness (QED) is 0.181. The highest BCUT2D eigenvalue weighted by molar-refractivity contribution is 6.01. The van der Waals surface area contributed by atoms with Crippen LogP contribution in [0.15, 0.2) is 59.6 Å². The summed E-state index contributed by atoms with van der Waals surface area (Å²) < 4.78 is 13.2. The number of hydrogen-bond donors (Lipinski definition) is 0. The van der Waals surface area contributed by atoms with E-state index in [-0.39, 0.29) is 26.2 Å². The Hall–Kier alpha value is -4.25. The van der Waals surface area contributed by atoms with Crippen LogP contribution in [0.2, 0.25) is 0 Å². The summed E-state index contributed by atoms with van der Waals surface area (Å²) in [5.74, 6) is 0.623. The molecule has 1 unspecified atom stereocenters. The van der Waals surface area contributed by atoms with Gasteiger partial charge in [-0.1, -0.05) is 42.5 Å². The highest BCUT2D eigenvalue weighted by Gasteiger charge is 2.59. The molecule has 44 heavy (non-hydrogen) atoms. The lowest BCUT2D eigenvalue weighted by molar-refractivity contribution is -0.113. The molecule has 0 saturated heterocycles. The molecule has 0 aliphatic carbocycles. The van der Waals surface area contributed by atoms with Gasteiger partial charge in [-0.2, -0.15) is 0 Å². The Bertz CT molecular complexity index is 1540. The summed E-state index contributed by atoms with van der Waals surface area (Å²) in [6.07, 6.45) is 5.06. The third-order valence-electron chi connectivity index (χ3n) is 8.58. The number of rotatable bonds is 16. The number of fused-ring (bicyclic) bond motifs is 4. The molecule has 0 N–H and O–H groups in total. The number of nitrogens with zero attached hydrogens (tertiary/aromatic N) is 4. The van der Waals surface area contributed by atoms with E-state index in [1.54, 1.807) is 9.80 Å². The summed E-state index contributed by atoms with van der Waals surface area (Å²) >= 11 is 0. The van der Waals surface area contributed by atoms with Crippen molar-refractivity contribution >= 4 is 53.5 Å². The first-order valence-corrected chi connectivity index (χ1v) is 14.8. The first kappa shape index (κ1) is 31.2. The lowest BCUT2D eigenvalue weighted by atomic mass is 9.77. The Labute approximate surface area is 257 Å². The van der Waals surface area contributed by atoms with Crippen LogP contribution in [0.25, 0.3) is 10.8 Å². The van der Waals surface area contributed by atoms with Gasteiger partial charge in [0.1, 0.15) is 30.8 Å². The van der Waals surface area contributed by atoms with Crippen molar-refractivity contribution in [2.75, 3.05) is 57.4 Å². The van der Waals surface area contributed by atoms with E-state index in [0.717, 1.165) is 52.7 Å². The molecule has 2 aliphatic heterocycles. The minimum absolute atomic E-state index is 0.117. The smallest absolute Gasteiger partial charge is 0.229 e. The standard InChI is InChI=1S/C34H38N4O6/c1-33(2)29-9-5-6-10-30(29)38(16-22-43-21-15-36(11-17-39)12-18-40)34(33)25-35-31-28-8-4-3-7-26(28)23-27(32(31)44-34)24-37(13-19-41)14-20-42/h3-10,17-20,23,25H,11-16,21-22,24H2,1-2H3. The lowest BCUT2D eigenvalue weighted by Gasteiger charge is -2.47. The molecule has 230 valence electrons. The molecule has 1 atom stereocenters. The molecule has 0 amide bonds. The molecule has 2 heterocycles. The third kappa shape index (κ3) is 5.80. The van der Waals surface area contributed by atoms with Crippen LogP contribution >= 0.6 is 0 Å². The van der Waals surface area contributed by atoms with Crippen molar-refractivity contribution in [3.63, 3.8) is 0 Å². The molecule has 10 nitrogen and oxygen atoms in total. The first-order chi connectivity index (χ1) is 21.4. The third-order valence-corrected chi connectivity index (χ3v) is 8.58. The second-order valence-corrected chi connectivity index (χ2v) is 11.5. The molecule has 0 radical (unpaired) electrons. The molecule has 5 rings (SSSR count). The van der Waals surface area contributed by atoms with Crippen LogP contribution in [0.4, 0.5) is 11.4 Å². The minimum atomic E-state index is -0.995. The van der Waals surface area contributed by atoms with Crippen molar-refractivity contribution in [2.45, 2.75) is 31.5 Å². The number of aliphatic imine (C=N–C) groups is 1. The number of carbonyl (C=O) groups is 4. The van der Waals surface area contributed by atoms with Crippen LogP contribution < -0.4 is 9.64 Å². The maximum absolute atomic E-state index is 11.4. The Balaban J connectivity index is 1.50. The summed E-state index contributed by atoms with van der Waals surface area (Å²) in [7, 11) is 0. The number of ether oxygens (including phenoxy) is 2. The maximum atomic E-state index is 11.4. The summed E-state index contributed by atoms with van der Waals surface area (Å²) in [6, 6.07) is 18.2. The fourth-order valence-electron chi connectivity index (χ4n) is 6.28. The van der Waals surface area contributed by atoms with Gasteiger partial charge in [-0.05, 0) is 36.9 Å². The molecular formula is C34H38N4O6. The van der Waals surface area contributed by atoms with Crippen molar-refractivity contribution in [1.29, 1.82) is 0 Å².